The molecule has 2 rings (SSSR count). The molecule has 2 saturated carbocycles. The van der Waals surface area contributed by atoms with E-state index < -0.39 is 18.2 Å². The normalized spacial score (nSPS) is 28.7. The smallest absolute Gasteiger partial charge is 0.313 e. The Bertz CT molecular complexity index is 490. The molecule has 0 bridgehead atoms. The van der Waals surface area contributed by atoms with E-state index in [4.69, 9.17) is 5.11 Å². The summed E-state index contributed by atoms with van der Waals surface area (Å²) in [5, 5.41) is 29.0. The summed E-state index contributed by atoms with van der Waals surface area (Å²) in [7, 11) is 0. The van der Waals surface area contributed by atoms with Crippen LogP contribution < -0.4 is 0 Å². The van der Waals surface area contributed by atoms with Gasteiger partial charge in [-0.15, -0.1) is 11.8 Å². The van der Waals surface area contributed by atoms with Crippen LogP contribution in [0, 0.1) is 11.8 Å². The zero-order valence-electron chi connectivity index (χ0n) is 15.1. The fourth-order valence-electron chi connectivity index (χ4n) is 3.71. The summed E-state index contributed by atoms with van der Waals surface area (Å²) >= 11 is 2.93. The molecule has 3 N–H and O–H groups in total. The van der Waals surface area contributed by atoms with Gasteiger partial charge < -0.3 is 15.3 Å². The summed E-state index contributed by atoms with van der Waals surface area (Å²) < 4.78 is 0. The number of aliphatic hydroxyl groups is 2. The van der Waals surface area contributed by atoms with Gasteiger partial charge in [-0.1, -0.05) is 31.4 Å². The number of carboxylic acids is 1. The Labute approximate surface area is 164 Å². The molecular formula is C19H30O5S2. The average molecular weight is 403 g/mol. The molecule has 0 aromatic rings. The van der Waals surface area contributed by atoms with E-state index in [9.17, 15) is 19.8 Å². The fourth-order valence-corrected chi connectivity index (χ4v) is 5.91. The maximum absolute atomic E-state index is 12.2. The van der Waals surface area contributed by atoms with Crippen molar-refractivity contribution >= 4 is 35.3 Å². The lowest BCUT2D eigenvalue weighted by Gasteiger charge is -2.25. The van der Waals surface area contributed by atoms with Crippen molar-refractivity contribution in [2.24, 2.45) is 11.8 Å². The largest absolute Gasteiger partial charge is 0.481 e. The Balaban J connectivity index is 1.79. The standard InChI is InChI=1S/C19H30O5S2/c20-15(13-5-2-1-3-6-13)8-7-14-16(21)11-17(22)19(14)26-10-4-9-25-12-18(23)24/h7-8,13-16,19-21H,1-6,9-12H2,(H,23,24)/b8-7+/t14-,15+,16+,19+/m0/s1. The third-order valence-corrected chi connectivity index (χ3v) is 7.63. The van der Waals surface area contributed by atoms with Gasteiger partial charge in [-0.25, -0.2) is 0 Å². The van der Waals surface area contributed by atoms with E-state index in [1.807, 2.05) is 6.08 Å². The lowest BCUT2D eigenvalue weighted by Crippen LogP contribution is -2.24. The van der Waals surface area contributed by atoms with Crippen LogP contribution in [0.5, 0.6) is 0 Å². The lowest BCUT2D eigenvalue weighted by molar-refractivity contribution is -0.133. The van der Waals surface area contributed by atoms with Gasteiger partial charge in [0, 0.05) is 12.3 Å². The Hall–Kier alpha value is -0.500. The van der Waals surface area contributed by atoms with E-state index in [-0.39, 0.29) is 29.1 Å². The first-order valence-corrected chi connectivity index (χ1v) is 11.7. The van der Waals surface area contributed by atoms with Crippen LogP contribution in [-0.4, -0.2) is 61.8 Å². The predicted octanol–water partition coefficient (Wildman–Crippen LogP) is 2.74. The van der Waals surface area contributed by atoms with Crippen LogP contribution >= 0.6 is 23.5 Å². The highest BCUT2D eigenvalue weighted by Crippen LogP contribution is 2.35. The number of thioether (sulfide) groups is 2. The van der Waals surface area contributed by atoms with Gasteiger partial charge in [-0.2, -0.15) is 11.8 Å². The van der Waals surface area contributed by atoms with Crippen molar-refractivity contribution in [2.45, 2.75) is 62.4 Å². The second-order valence-corrected chi connectivity index (χ2v) is 9.53. The van der Waals surface area contributed by atoms with Gasteiger partial charge in [0.2, 0.25) is 0 Å². The Morgan fingerprint density at radius 1 is 1.23 bits per heavy atom. The summed E-state index contributed by atoms with van der Waals surface area (Å²) in [4.78, 5) is 22.7. The number of carboxylic acid groups (broad SMARTS) is 1. The first-order valence-electron chi connectivity index (χ1n) is 9.47. The van der Waals surface area contributed by atoms with Crippen molar-refractivity contribution in [1.29, 1.82) is 0 Å². The highest BCUT2D eigenvalue weighted by atomic mass is 32.2. The highest BCUT2D eigenvalue weighted by molar-refractivity contribution is 8.01. The number of aliphatic hydroxyl groups excluding tert-OH is 2. The van der Waals surface area contributed by atoms with Crippen molar-refractivity contribution < 1.29 is 24.9 Å². The van der Waals surface area contributed by atoms with Crippen molar-refractivity contribution in [3.8, 4) is 0 Å². The molecule has 2 fully saturated rings. The van der Waals surface area contributed by atoms with E-state index in [1.165, 1.54) is 31.0 Å². The molecular weight excluding hydrogens is 372 g/mol. The molecule has 0 radical (unpaired) electrons. The summed E-state index contributed by atoms with van der Waals surface area (Å²) in [6.07, 6.45) is 9.16. The Morgan fingerprint density at radius 2 is 1.96 bits per heavy atom. The summed E-state index contributed by atoms with van der Waals surface area (Å²) in [6.45, 7) is 0. The molecule has 0 heterocycles. The molecule has 0 unspecified atom stereocenters. The van der Waals surface area contributed by atoms with Crippen LogP contribution in [0.4, 0.5) is 0 Å². The van der Waals surface area contributed by atoms with Crippen molar-refractivity contribution in [1.82, 2.24) is 0 Å². The topological polar surface area (TPSA) is 94.8 Å². The molecule has 0 aromatic heterocycles. The maximum Gasteiger partial charge on any atom is 0.313 e. The number of Topliss-reactive ketones (excluding diaryl/α,β-unsaturated/α-hetero) is 1. The number of rotatable bonds is 10. The van der Waals surface area contributed by atoms with E-state index in [0.29, 0.717) is 5.92 Å². The SMILES string of the molecule is O=C(O)CSCCCS[C@H]1C(=O)C[C@@H](O)[C@@H]1/C=C/[C@@H](O)C1CCCCC1. The second kappa shape index (κ2) is 11.4. The summed E-state index contributed by atoms with van der Waals surface area (Å²) in [6, 6.07) is 0. The molecule has 2 aliphatic carbocycles. The number of carbonyl (C=O) groups is 2. The van der Waals surface area contributed by atoms with Crippen LogP contribution in [-0.2, 0) is 9.59 Å². The molecule has 7 heteroatoms. The summed E-state index contributed by atoms with van der Waals surface area (Å²) in [5.41, 5.74) is 0. The van der Waals surface area contributed by atoms with Crippen molar-refractivity contribution in [2.75, 3.05) is 17.3 Å². The quantitative estimate of drug-likeness (QED) is 0.382. The van der Waals surface area contributed by atoms with Crippen LogP contribution in [0.1, 0.15) is 44.9 Å². The number of carbonyl (C=O) groups excluding carboxylic acids is 1. The Kier molecular flexibility index (Phi) is 9.53. The third kappa shape index (κ3) is 6.91. The maximum atomic E-state index is 12.2. The van der Waals surface area contributed by atoms with Gasteiger partial charge >= 0.3 is 5.97 Å². The zero-order chi connectivity index (χ0) is 18.9. The number of aliphatic carboxylic acids is 1. The minimum atomic E-state index is -0.807. The zero-order valence-corrected chi connectivity index (χ0v) is 16.7. The van der Waals surface area contributed by atoms with Crippen LogP contribution in [0.15, 0.2) is 12.2 Å². The lowest BCUT2D eigenvalue weighted by atomic mass is 9.85. The van der Waals surface area contributed by atoms with Crippen molar-refractivity contribution in [3.05, 3.63) is 12.2 Å². The molecule has 5 nitrogen and oxygen atoms in total. The first kappa shape index (κ1) is 21.8. The molecule has 0 aliphatic heterocycles. The molecule has 0 amide bonds. The van der Waals surface area contributed by atoms with E-state index in [0.717, 1.165) is 30.8 Å². The van der Waals surface area contributed by atoms with Gasteiger partial charge in [0.05, 0.1) is 23.2 Å². The minimum Gasteiger partial charge on any atom is -0.481 e. The average Bonchev–Trinajstić information content (AvgIpc) is 2.89. The fraction of sp³-hybridized carbons (Fsp3) is 0.789. The van der Waals surface area contributed by atoms with Gasteiger partial charge in [0.25, 0.3) is 0 Å². The molecule has 4 atom stereocenters. The molecule has 0 spiro atoms. The number of ketones is 1. The highest BCUT2D eigenvalue weighted by Gasteiger charge is 2.40. The van der Waals surface area contributed by atoms with Gasteiger partial charge in [-0.05, 0) is 36.7 Å². The second-order valence-electron chi connectivity index (χ2n) is 7.18. The molecule has 148 valence electrons. The molecule has 0 aromatic carbocycles. The van der Waals surface area contributed by atoms with Crippen LogP contribution in [0.25, 0.3) is 0 Å². The van der Waals surface area contributed by atoms with Gasteiger partial charge in [-0.3, -0.25) is 9.59 Å². The predicted molar refractivity (Wildman–Crippen MR) is 107 cm³/mol. The van der Waals surface area contributed by atoms with E-state index in [1.54, 1.807) is 17.8 Å². The van der Waals surface area contributed by atoms with Crippen LogP contribution in [0.2, 0.25) is 0 Å². The van der Waals surface area contributed by atoms with E-state index in [2.05, 4.69) is 0 Å². The van der Waals surface area contributed by atoms with Gasteiger partial charge in [0.15, 0.2) is 0 Å². The summed E-state index contributed by atoms with van der Waals surface area (Å²) in [5.74, 6) is 0.954. The van der Waals surface area contributed by atoms with E-state index >= 15 is 0 Å². The minimum absolute atomic E-state index is 0.0718. The Morgan fingerprint density at radius 3 is 2.65 bits per heavy atom. The molecule has 26 heavy (non-hydrogen) atoms. The number of hydrogen-bond donors (Lipinski definition) is 3. The number of hydrogen-bond acceptors (Lipinski definition) is 6. The van der Waals surface area contributed by atoms with Crippen LogP contribution in [0.3, 0.4) is 0 Å². The van der Waals surface area contributed by atoms with Gasteiger partial charge in [0.1, 0.15) is 5.78 Å². The molecule has 2 aliphatic rings. The third-order valence-electron chi connectivity index (χ3n) is 5.14. The van der Waals surface area contributed by atoms with Crippen molar-refractivity contribution in [3.63, 3.8) is 0 Å². The molecule has 0 saturated heterocycles. The first-order chi connectivity index (χ1) is 12.5. The monoisotopic (exact) mass is 402 g/mol.